The number of hydrogen-bond donors (Lipinski definition) is 2. The van der Waals surface area contributed by atoms with Crippen LogP contribution in [0.2, 0.25) is 0 Å². The van der Waals surface area contributed by atoms with Crippen molar-refractivity contribution in [2.24, 2.45) is 0 Å². The third-order valence-corrected chi connectivity index (χ3v) is 4.57. The zero-order valence-corrected chi connectivity index (χ0v) is 11.1. The first-order chi connectivity index (χ1) is 8.14. The molecule has 2 N–H and O–H groups in total. The maximum Gasteiger partial charge on any atom is 0.211 e. The summed E-state index contributed by atoms with van der Waals surface area (Å²) in [5.41, 5.74) is 0. The molecule has 17 heavy (non-hydrogen) atoms. The van der Waals surface area contributed by atoms with Crippen molar-refractivity contribution >= 4 is 21.8 Å². The van der Waals surface area contributed by atoms with E-state index in [-0.39, 0.29) is 18.9 Å². The molecule has 0 saturated heterocycles. The summed E-state index contributed by atoms with van der Waals surface area (Å²) in [6, 6.07) is 9.88. The lowest BCUT2D eigenvalue weighted by atomic mass is 10.4. The minimum atomic E-state index is -3.22. The first kappa shape index (κ1) is 14.5. The van der Waals surface area contributed by atoms with Crippen molar-refractivity contribution in [1.82, 2.24) is 4.72 Å². The summed E-state index contributed by atoms with van der Waals surface area (Å²) in [6.07, 6.45) is 0.598. The Bertz CT molecular complexity index is 406. The molecule has 0 atom stereocenters. The quantitative estimate of drug-likeness (QED) is 0.550. The van der Waals surface area contributed by atoms with Gasteiger partial charge in [0.25, 0.3) is 0 Å². The van der Waals surface area contributed by atoms with Gasteiger partial charge in [-0.2, -0.15) is 0 Å². The molecule has 0 spiro atoms. The smallest absolute Gasteiger partial charge is 0.211 e. The van der Waals surface area contributed by atoms with Crippen molar-refractivity contribution in [3.05, 3.63) is 30.3 Å². The van der Waals surface area contributed by atoms with E-state index in [9.17, 15) is 8.42 Å². The van der Waals surface area contributed by atoms with Crippen LogP contribution >= 0.6 is 11.8 Å². The van der Waals surface area contributed by atoms with E-state index in [0.29, 0.717) is 6.42 Å². The average molecular weight is 275 g/mol. The highest BCUT2D eigenvalue weighted by Gasteiger charge is 2.08. The summed E-state index contributed by atoms with van der Waals surface area (Å²) in [4.78, 5) is 1.15. The van der Waals surface area contributed by atoms with Crippen molar-refractivity contribution in [3.63, 3.8) is 0 Å². The third kappa shape index (κ3) is 6.68. The second-order valence-corrected chi connectivity index (χ2v) is 6.55. The molecule has 0 aliphatic carbocycles. The van der Waals surface area contributed by atoms with E-state index in [2.05, 4.69) is 4.72 Å². The van der Waals surface area contributed by atoms with Gasteiger partial charge in [0.05, 0.1) is 12.4 Å². The first-order valence-electron chi connectivity index (χ1n) is 5.40. The summed E-state index contributed by atoms with van der Waals surface area (Å²) in [6.45, 7) is -0.0772. The van der Waals surface area contributed by atoms with E-state index in [1.165, 1.54) is 0 Å². The van der Waals surface area contributed by atoms with Gasteiger partial charge in [-0.15, -0.1) is 11.8 Å². The van der Waals surface area contributed by atoms with Crippen LogP contribution in [0.4, 0.5) is 0 Å². The van der Waals surface area contributed by atoms with Gasteiger partial charge in [0.2, 0.25) is 10.0 Å². The largest absolute Gasteiger partial charge is 0.395 e. The molecule has 1 aromatic carbocycles. The molecule has 0 aromatic heterocycles. The molecule has 0 heterocycles. The summed E-state index contributed by atoms with van der Waals surface area (Å²) >= 11 is 1.64. The van der Waals surface area contributed by atoms with Crippen LogP contribution in [-0.2, 0) is 10.0 Å². The Balaban J connectivity index is 2.20. The number of thioether (sulfide) groups is 1. The monoisotopic (exact) mass is 275 g/mol. The predicted octanol–water partition coefficient (Wildman–Crippen LogP) is 1.08. The van der Waals surface area contributed by atoms with Crippen molar-refractivity contribution in [2.45, 2.75) is 11.3 Å². The Morgan fingerprint density at radius 2 is 1.94 bits per heavy atom. The van der Waals surface area contributed by atoms with E-state index < -0.39 is 10.0 Å². The predicted molar refractivity (Wildman–Crippen MR) is 70.7 cm³/mol. The minimum absolute atomic E-state index is 0.0914. The van der Waals surface area contributed by atoms with Crippen LogP contribution in [0.3, 0.4) is 0 Å². The Morgan fingerprint density at radius 3 is 2.59 bits per heavy atom. The number of hydrogen-bond acceptors (Lipinski definition) is 4. The standard InChI is InChI=1S/C11H17NO3S2/c13-8-7-12-17(14,15)10-4-9-16-11-5-2-1-3-6-11/h1-3,5-6,12-13H,4,7-10H2. The Morgan fingerprint density at radius 1 is 1.24 bits per heavy atom. The van der Waals surface area contributed by atoms with E-state index in [4.69, 9.17) is 5.11 Å². The van der Waals surface area contributed by atoms with Crippen molar-refractivity contribution in [1.29, 1.82) is 0 Å². The van der Waals surface area contributed by atoms with Crippen LogP contribution in [0.5, 0.6) is 0 Å². The number of aliphatic hydroxyl groups excluding tert-OH is 1. The molecule has 0 radical (unpaired) electrons. The van der Waals surface area contributed by atoms with Crippen molar-refractivity contribution in [2.75, 3.05) is 24.7 Å². The number of sulfonamides is 1. The second-order valence-electron chi connectivity index (χ2n) is 3.45. The highest BCUT2D eigenvalue weighted by molar-refractivity contribution is 7.99. The molecule has 0 bridgehead atoms. The molecular formula is C11H17NO3S2. The molecule has 1 aromatic rings. The third-order valence-electron chi connectivity index (χ3n) is 2.00. The molecule has 6 heteroatoms. The van der Waals surface area contributed by atoms with Gasteiger partial charge >= 0.3 is 0 Å². The van der Waals surface area contributed by atoms with Gasteiger partial charge in [-0.3, -0.25) is 0 Å². The molecule has 0 aliphatic heterocycles. The van der Waals surface area contributed by atoms with Crippen molar-refractivity contribution in [3.8, 4) is 0 Å². The zero-order chi connectivity index (χ0) is 12.6. The Hall–Kier alpha value is -0.560. The molecule has 0 unspecified atom stereocenters. The summed E-state index contributed by atoms with van der Waals surface area (Å²) < 4.78 is 25.1. The number of aliphatic hydroxyl groups is 1. The number of benzene rings is 1. The van der Waals surface area contributed by atoms with E-state index >= 15 is 0 Å². The van der Waals surface area contributed by atoms with Crippen LogP contribution in [0.15, 0.2) is 35.2 Å². The lowest BCUT2D eigenvalue weighted by Crippen LogP contribution is -2.29. The van der Waals surface area contributed by atoms with Crippen molar-refractivity contribution < 1.29 is 13.5 Å². The molecular weight excluding hydrogens is 258 g/mol. The van der Waals surface area contributed by atoms with Crippen LogP contribution in [0.1, 0.15) is 6.42 Å². The highest BCUT2D eigenvalue weighted by Crippen LogP contribution is 2.17. The Labute approximate surface area is 106 Å². The minimum Gasteiger partial charge on any atom is -0.395 e. The molecule has 0 saturated carbocycles. The second kappa shape index (κ2) is 7.71. The van der Waals surface area contributed by atoms with Gasteiger partial charge in [0.1, 0.15) is 0 Å². The van der Waals surface area contributed by atoms with Crippen LogP contribution in [0, 0.1) is 0 Å². The van der Waals surface area contributed by atoms with Crippen LogP contribution < -0.4 is 4.72 Å². The van der Waals surface area contributed by atoms with Crippen LogP contribution in [0.25, 0.3) is 0 Å². The van der Waals surface area contributed by atoms with Gasteiger partial charge in [-0.05, 0) is 24.3 Å². The van der Waals surface area contributed by atoms with E-state index in [0.717, 1.165) is 10.6 Å². The average Bonchev–Trinajstić information content (AvgIpc) is 2.34. The van der Waals surface area contributed by atoms with E-state index in [1.54, 1.807) is 11.8 Å². The SMILES string of the molecule is O=S(=O)(CCCSc1ccccc1)NCCO. The van der Waals surface area contributed by atoms with Gasteiger partial charge < -0.3 is 5.11 Å². The summed E-state index contributed by atoms with van der Waals surface area (Å²) in [5, 5.41) is 8.52. The summed E-state index contributed by atoms with van der Waals surface area (Å²) in [5.74, 6) is 0.872. The van der Waals surface area contributed by atoms with Gasteiger partial charge in [0, 0.05) is 11.4 Å². The molecule has 1 rings (SSSR count). The topological polar surface area (TPSA) is 66.4 Å². The normalized spacial score (nSPS) is 11.6. The molecule has 96 valence electrons. The fourth-order valence-corrected chi connectivity index (χ4v) is 3.36. The van der Waals surface area contributed by atoms with Crippen LogP contribution in [-0.4, -0.2) is 38.2 Å². The lowest BCUT2D eigenvalue weighted by Gasteiger charge is -2.05. The maximum absolute atomic E-state index is 11.4. The highest BCUT2D eigenvalue weighted by atomic mass is 32.2. The summed E-state index contributed by atoms with van der Waals surface area (Å²) in [7, 11) is -3.22. The fourth-order valence-electron chi connectivity index (χ4n) is 1.23. The Kier molecular flexibility index (Phi) is 6.57. The molecule has 4 nitrogen and oxygen atoms in total. The first-order valence-corrected chi connectivity index (χ1v) is 8.04. The lowest BCUT2D eigenvalue weighted by molar-refractivity contribution is 0.301. The van der Waals surface area contributed by atoms with Gasteiger partial charge in [0.15, 0.2) is 0 Å². The maximum atomic E-state index is 11.4. The van der Waals surface area contributed by atoms with E-state index in [1.807, 2.05) is 30.3 Å². The molecule has 0 aliphatic rings. The van der Waals surface area contributed by atoms with Gasteiger partial charge in [-0.1, -0.05) is 18.2 Å². The fraction of sp³-hybridized carbons (Fsp3) is 0.455. The molecule has 0 fully saturated rings. The van der Waals surface area contributed by atoms with Gasteiger partial charge in [-0.25, -0.2) is 13.1 Å². The molecule has 0 amide bonds. The number of rotatable bonds is 8. The number of nitrogens with one attached hydrogen (secondary N) is 1. The zero-order valence-electron chi connectivity index (χ0n) is 9.50.